The summed E-state index contributed by atoms with van der Waals surface area (Å²) in [5.74, 6) is 2.32. The average Bonchev–Trinajstić information content (AvgIpc) is 2.92. The summed E-state index contributed by atoms with van der Waals surface area (Å²) in [5.41, 5.74) is 3.30. The van der Waals surface area contributed by atoms with Crippen LogP contribution < -0.4 is 30.9 Å². The number of nitrogens with zero attached hydrogens (tertiary/aromatic N) is 4. The topological polar surface area (TPSA) is 107 Å². The monoisotopic (exact) mass is 534 g/mol. The van der Waals surface area contributed by atoms with E-state index in [9.17, 15) is 4.79 Å². The molecule has 4 rings (SSSR count). The zero-order valence-electron chi connectivity index (χ0n) is 23.8. The lowest BCUT2D eigenvalue weighted by molar-refractivity contribution is 0.209. The van der Waals surface area contributed by atoms with Crippen LogP contribution in [-0.2, 0) is 6.54 Å². The Balaban J connectivity index is 1.37. The van der Waals surface area contributed by atoms with Crippen LogP contribution >= 0.6 is 0 Å². The van der Waals surface area contributed by atoms with E-state index in [0.29, 0.717) is 25.1 Å². The summed E-state index contributed by atoms with van der Waals surface area (Å²) in [4.78, 5) is 25.9. The van der Waals surface area contributed by atoms with E-state index in [0.717, 1.165) is 54.9 Å². The van der Waals surface area contributed by atoms with E-state index in [1.807, 2.05) is 44.2 Å². The van der Waals surface area contributed by atoms with Crippen molar-refractivity contribution in [3.63, 3.8) is 0 Å². The molecule has 2 aromatic carbocycles. The van der Waals surface area contributed by atoms with Crippen LogP contribution in [0.25, 0.3) is 10.9 Å². The van der Waals surface area contributed by atoms with Gasteiger partial charge in [-0.05, 0) is 51.0 Å². The molecule has 1 fully saturated rings. The third-order valence-corrected chi connectivity index (χ3v) is 6.84. The van der Waals surface area contributed by atoms with Gasteiger partial charge in [-0.3, -0.25) is 4.90 Å². The molecular formula is C29H42N8O2. The molecule has 0 spiro atoms. The number of fused-ring (bicyclic) bond motifs is 1. The number of hydrogen-bond donors (Lipinski definition) is 4. The molecular weight excluding hydrogens is 492 g/mol. The summed E-state index contributed by atoms with van der Waals surface area (Å²) < 4.78 is 5.68. The first-order valence-electron chi connectivity index (χ1n) is 13.7. The van der Waals surface area contributed by atoms with E-state index in [1.165, 1.54) is 11.3 Å². The van der Waals surface area contributed by atoms with Gasteiger partial charge in [0.15, 0.2) is 0 Å². The highest BCUT2D eigenvalue weighted by molar-refractivity contribution is 5.90. The largest absolute Gasteiger partial charge is 0.496 e. The number of aromatic nitrogens is 2. The van der Waals surface area contributed by atoms with Gasteiger partial charge < -0.3 is 30.9 Å². The van der Waals surface area contributed by atoms with Crippen molar-refractivity contribution in [2.75, 3.05) is 62.9 Å². The van der Waals surface area contributed by atoms with Gasteiger partial charge in [-0.2, -0.15) is 4.98 Å². The molecule has 39 heavy (non-hydrogen) atoms. The maximum absolute atomic E-state index is 11.8. The van der Waals surface area contributed by atoms with Crippen molar-refractivity contribution in [2.24, 2.45) is 0 Å². The smallest absolute Gasteiger partial charge is 0.315 e. The number of para-hydroxylation sites is 1. The van der Waals surface area contributed by atoms with Crippen LogP contribution in [0, 0.1) is 0 Å². The Kier molecular flexibility index (Phi) is 9.64. The van der Waals surface area contributed by atoms with E-state index in [1.54, 1.807) is 7.11 Å². The minimum atomic E-state index is -0.177. The van der Waals surface area contributed by atoms with E-state index >= 15 is 0 Å². The molecule has 210 valence electrons. The van der Waals surface area contributed by atoms with Crippen molar-refractivity contribution < 1.29 is 9.53 Å². The summed E-state index contributed by atoms with van der Waals surface area (Å²) in [6.07, 6.45) is 2.03. The molecule has 0 saturated carbocycles. The van der Waals surface area contributed by atoms with Crippen LogP contribution in [0.4, 0.5) is 22.2 Å². The lowest BCUT2D eigenvalue weighted by Gasteiger charge is -2.34. The fraction of sp³-hybridized carbons (Fsp3) is 0.483. The number of ether oxygens (including phenoxy) is 1. The van der Waals surface area contributed by atoms with E-state index in [4.69, 9.17) is 9.72 Å². The molecule has 1 saturated heterocycles. The first-order chi connectivity index (χ1) is 18.8. The van der Waals surface area contributed by atoms with E-state index in [2.05, 4.69) is 62.3 Å². The molecule has 10 nitrogen and oxygen atoms in total. The molecule has 1 aliphatic heterocycles. The van der Waals surface area contributed by atoms with Gasteiger partial charge in [0.05, 0.1) is 12.6 Å². The minimum absolute atomic E-state index is 0.0963. The number of amides is 2. The number of methoxy groups -OCH3 is 1. The van der Waals surface area contributed by atoms with Crippen molar-refractivity contribution in [1.82, 2.24) is 25.5 Å². The quantitative estimate of drug-likeness (QED) is 0.275. The molecule has 2 heterocycles. The molecule has 0 aliphatic carbocycles. The van der Waals surface area contributed by atoms with Crippen molar-refractivity contribution in [3.05, 3.63) is 48.0 Å². The Morgan fingerprint density at radius 2 is 1.85 bits per heavy atom. The summed E-state index contributed by atoms with van der Waals surface area (Å²) in [6.45, 7) is 7.69. The van der Waals surface area contributed by atoms with Gasteiger partial charge in [0.1, 0.15) is 11.6 Å². The maximum Gasteiger partial charge on any atom is 0.315 e. The summed E-state index contributed by atoms with van der Waals surface area (Å²) in [5, 5.41) is 13.6. The highest BCUT2D eigenvalue weighted by Gasteiger charge is 2.23. The van der Waals surface area contributed by atoms with E-state index in [-0.39, 0.29) is 12.1 Å². The van der Waals surface area contributed by atoms with Gasteiger partial charge in [0, 0.05) is 75.5 Å². The Morgan fingerprint density at radius 3 is 2.56 bits per heavy atom. The molecule has 10 heteroatoms. The zero-order chi connectivity index (χ0) is 27.8. The number of nitrogens with one attached hydrogen (secondary N) is 4. The van der Waals surface area contributed by atoms with Crippen molar-refractivity contribution in [2.45, 2.75) is 45.3 Å². The number of rotatable bonds is 11. The predicted octanol–water partition coefficient (Wildman–Crippen LogP) is 3.90. The second kappa shape index (κ2) is 13.3. The standard InChI is InChI=1S/C29H42N8O2/c1-20(2)32-29(38)31-16-15-30-28-34-24-10-7-6-9-22(24)27(35-28)33-21-13-17-37(18-14-21)19-23-25(36(3)4)11-8-12-26(23)39-5/h6-12,20-21H,13-19H2,1-5H3,(H2,31,32,38)(H2,30,33,34,35). The second-order valence-electron chi connectivity index (χ2n) is 10.4. The molecule has 0 radical (unpaired) electrons. The summed E-state index contributed by atoms with van der Waals surface area (Å²) in [6, 6.07) is 14.5. The lowest BCUT2D eigenvalue weighted by atomic mass is 10.0. The Hall–Kier alpha value is -3.79. The third kappa shape index (κ3) is 7.63. The highest BCUT2D eigenvalue weighted by atomic mass is 16.5. The zero-order valence-corrected chi connectivity index (χ0v) is 23.8. The second-order valence-corrected chi connectivity index (χ2v) is 10.4. The predicted molar refractivity (Wildman–Crippen MR) is 159 cm³/mol. The number of anilines is 3. The third-order valence-electron chi connectivity index (χ3n) is 6.84. The van der Waals surface area contributed by atoms with Gasteiger partial charge in [0.2, 0.25) is 5.95 Å². The van der Waals surface area contributed by atoms with Gasteiger partial charge in [0.25, 0.3) is 0 Å². The summed E-state index contributed by atoms with van der Waals surface area (Å²) in [7, 11) is 5.89. The van der Waals surface area contributed by atoms with Gasteiger partial charge in [-0.25, -0.2) is 9.78 Å². The Labute approximate surface area is 231 Å². The average molecular weight is 535 g/mol. The molecule has 2 amide bonds. The Morgan fingerprint density at radius 1 is 1.08 bits per heavy atom. The molecule has 0 unspecified atom stereocenters. The van der Waals surface area contributed by atoms with Crippen LogP contribution in [0.3, 0.4) is 0 Å². The number of benzene rings is 2. The van der Waals surface area contributed by atoms with Crippen LogP contribution in [0.5, 0.6) is 5.75 Å². The van der Waals surface area contributed by atoms with Gasteiger partial charge >= 0.3 is 6.03 Å². The van der Waals surface area contributed by atoms with Crippen LogP contribution in [0.15, 0.2) is 42.5 Å². The van der Waals surface area contributed by atoms with Crippen LogP contribution in [-0.4, -0.2) is 80.4 Å². The van der Waals surface area contributed by atoms with Crippen LogP contribution in [0.2, 0.25) is 0 Å². The Bertz CT molecular complexity index is 1240. The molecule has 1 aromatic heterocycles. The van der Waals surface area contributed by atoms with Gasteiger partial charge in [-0.1, -0.05) is 18.2 Å². The maximum atomic E-state index is 11.8. The molecule has 4 N–H and O–H groups in total. The first kappa shape index (κ1) is 28.2. The van der Waals surface area contributed by atoms with Crippen molar-refractivity contribution >= 4 is 34.4 Å². The highest BCUT2D eigenvalue weighted by Crippen LogP contribution is 2.31. The van der Waals surface area contributed by atoms with Crippen molar-refractivity contribution in [3.8, 4) is 5.75 Å². The van der Waals surface area contributed by atoms with Crippen molar-refractivity contribution in [1.29, 1.82) is 0 Å². The molecule has 1 aliphatic rings. The summed E-state index contributed by atoms with van der Waals surface area (Å²) >= 11 is 0. The number of carbonyl (C=O) groups is 1. The van der Waals surface area contributed by atoms with Gasteiger partial charge in [-0.15, -0.1) is 0 Å². The fourth-order valence-electron chi connectivity index (χ4n) is 4.90. The number of urea groups is 1. The lowest BCUT2D eigenvalue weighted by Crippen LogP contribution is -2.41. The number of likely N-dealkylation sites (tertiary alicyclic amines) is 1. The number of hydrogen-bond acceptors (Lipinski definition) is 8. The molecule has 3 aromatic rings. The molecule has 0 bridgehead atoms. The SMILES string of the molecule is COc1cccc(N(C)C)c1CN1CCC(Nc2nc(NCCNC(=O)NC(C)C)nc3ccccc23)CC1. The normalized spacial score (nSPS) is 14.3. The molecule has 0 atom stereocenters. The van der Waals surface area contributed by atoms with Crippen LogP contribution in [0.1, 0.15) is 32.3 Å². The van der Waals surface area contributed by atoms with E-state index < -0.39 is 0 Å². The fourth-order valence-corrected chi connectivity index (χ4v) is 4.90. The number of piperidine rings is 1. The minimum Gasteiger partial charge on any atom is -0.496 e. The first-order valence-corrected chi connectivity index (χ1v) is 13.7. The number of carbonyl (C=O) groups excluding carboxylic acids is 1.